The lowest BCUT2D eigenvalue weighted by atomic mass is 9.75. The van der Waals surface area contributed by atoms with Crippen LogP contribution in [0.5, 0.6) is 6.01 Å². The second-order valence-electron chi connectivity index (χ2n) is 15.4. The number of hydrogen-bond acceptors (Lipinski definition) is 9. The SMILES string of the molecule is N#Cc1c(N)sc2c(F)ccc(-c3c(Cl)cc4c(N5CCCCC6(CN(C(=O)C7(F)CC7)C6)C5)nc(OC[C@@]56CCCN5C[C@H](F)C6)nc4c3F)c12. The van der Waals surface area contributed by atoms with Gasteiger partial charge in [-0.1, -0.05) is 24.1 Å². The highest BCUT2D eigenvalue weighted by atomic mass is 35.5. The summed E-state index contributed by atoms with van der Waals surface area (Å²) < 4.78 is 67.9. The van der Waals surface area contributed by atoms with Gasteiger partial charge in [-0.05, 0) is 62.8 Å². The Morgan fingerprint density at radius 3 is 2.69 bits per heavy atom. The van der Waals surface area contributed by atoms with Crippen molar-refractivity contribution in [1.29, 1.82) is 5.26 Å². The maximum absolute atomic E-state index is 17.2. The van der Waals surface area contributed by atoms with Gasteiger partial charge in [-0.25, -0.2) is 17.6 Å². The number of rotatable bonds is 6. The minimum absolute atomic E-state index is 0.00754. The van der Waals surface area contributed by atoms with Crippen LogP contribution in [0, 0.1) is 28.4 Å². The van der Waals surface area contributed by atoms with E-state index in [1.54, 1.807) is 11.0 Å². The topological polar surface area (TPSA) is 112 Å². The number of nitrogen functional groups attached to an aromatic ring is 1. The predicted octanol–water partition coefficient (Wildman–Crippen LogP) is 7.17. The van der Waals surface area contributed by atoms with Gasteiger partial charge in [-0.3, -0.25) is 9.69 Å². The average Bonchev–Trinajstić information content (AvgIpc) is 3.55. The Labute approximate surface area is 306 Å². The lowest BCUT2D eigenvalue weighted by Gasteiger charge is -2.52. The number of nitrogens with zero attached hydrogens (tertiary/aromatic N) is 6. The van der Waals surface area contributed by atoms with Crippen LogP contribution >= 0.6 is 22.9 Å². The monoisotopic (exact) mass is 753 g/mol. The lowest BCUT2D eigenvalue weighted by molar-refractivity contribution is -0.150. The molecule has 9 nitrogen and oxygen atoms in total. The first-order valence-electron chi connectivity index (χ1n) is 17.8. The van der Waals surface area contributed by atoms with Gasteiger partial charge in [-0.15, -0.1) is 11.3 Å². The zero-order chi connectivity index (χ0) is 36.2. The van der Waals surface area contributed by atoms with Crippen LogP contribution in [0.3, 0.4) is 0 Å². The molecule has 0 radical (unpaired) electrons. The zero-order valence-electron chi connectivity index (χ0n) is 28.3. The van der Waals surface area contributed by atoms with Crippen molar-refractivity contribution < 1.29 is 27.1 Å². The molecule has 52 heavy (non-hydrogen) atoms. The number of hydrogen-bond donors (Lipinski definition) is 1. The third-order valence-corrected chi connectivity index (χ3v) is 13.2. The van der Waals surface area contributed by atoms with Gasteiger partial charge in [0.1, 0.15) is 41.0 Å². The van der Waals surface area contributed by atoms with Crippen molar-refractivity contribution in [2.45, 2.75) is 68.7 Å². The second kappa shape index (κ2) is 12.0. The second-order valence-corrected chi connectivity index (χ2v) is 16.9. The summed E-state index contributed by atoms with van der Waals surface area (Å²) in [4.78, 5) is 28.0. The normalized spacial score (nSPS) is 25.0. The van der Waals surface area contributed by atoms with E-state index in [1.165, 1.54) is 12.1 Å². The maximum atomic E-state index is 17.2. The van der Waals surface area contributed by atoms with E-state index < -0.39 is 34.9 Å². The summed E-state index contributed by atoms with van der Waals surface area (Å²) in [6.45, 7) is 3.16. The Morgan fingerprint density at radius 2 is 1.92 bits per heavy atom. The third kappa shape index (κ3) is 5.28. The Hall–Kier alpha value is -3.93. The molecule has 2 aromatic heterocycles. The van der Waals surface area contributed by atoms with Crippen molar-refractivity contribution in [2.75, 3.05) is 56.5 Å². The summed E-state index contributed by atoms with van der Waals surface area (Å²) in [5.41, 5.74) is 3.64. The summed E-state index contributed by atoms with van der Waals surface area (Å²) in [6.07, 6.45) is 4.10. The molecule has 5 aliphatic rings. The van der Waals surface area contributed by atoms with Crippen LogP contribution < -0.4 is 15.4 Å². The van der Waals surface area contributed by atoms with Crippen molar-refractivity contribution in [3.05, 3.63) is 40.4 Å². The molecule has 2 aromatic carbocycles. The first-order chi connectivity index (χ1) is 24.9. The van der Waals surface area contributed by atoms with Gasteiger partial charge in [0.25, 0.3) is 5.91 Å². The van der Waals surface area contributed by atoms with Gasteiger partial charge >= 0.3 is 6.01 Å². The maximum Gasteiger partial charge on any atom is 0.319 e. The highest BCUT2D eigenvalue weighted by molar-refractivity contribution is 7.23. The Morgan fingerprint density at radius 1 is 1.12 bits per heavy atom. The van der Waals surface area contributed by atoms with E-state index in [0.717, 1.165) is 50.0 Å². The molecule has 5 fully saturated rings. The van der Waals surface area contributed by atoms with Crippen molar-refractivity contribution in [3.8, 4) is 23.2 Å². The number of likely N-dealkylation sites (tertiary alicyclic amines) is 1. The number of ether oxygens (including phenoxy) is 1. The van der Waals surface area contributed by atoms with Crippen LogP contribution in [0.4, 0.5) is 28.4 Å². The molecular weight excluding hydrogens is 718 g/mol. The Kier molecular flexibility index (Phi) is 7.85. The minimum Gasteiger partial charge on any atom is -0.461 e. The Bertz CT molecular complexity index is 2200. The fourth-order valence-electron chi connectivity index (χ4n) is 9.19. The van der Waals surface area contributed by atoms with Crippen LogP contribution in [0.2, 0.25) is 5.02 Å². The molecule has 272 valence electrons. The molecule has 4 saturated heterocycles. The molecule has 0 unspecified atom stereocenters. The third-order valence-electron chi connectivity index (χ3n) is 11.9. The molecule has 4 aromatic rings. The number of amides is 1. The van der Waals surface area contributed by atoms with Gasteiger partial charge in [0.15, 0.2) is 11.5 Å². The van der Waals surface area contributed by atoms with E-state index in [4.69, 9.17) is 27.1 Å². The summed E-state index contributed by atoms with van der Waals surface area (Å²) in [5.74, 6) is -1.43. The lowest BCUT2D eigenvalue weighted by Crippen LogP contribution is -2.63. The number of carbonyl (C=O) groups excluding carboxylic acids is 1. The number of anilines is 2. The van der Waals surface area contributed by atoms with Gasteiger partial charge in [0.2, 0.25) is 0 Å². The molecule has 6 heterocycles. The van der Waals surface area contributed by atoms with Crippen LogP contribution in [-0.2, 0) is 4.79 Å². The molecule has 0 bridgehead atoms. The number of nitrogens with two attached hydrogens (primary N) is 1. The molecule has 15 heteroatoms. The van der Waals surface area contributed by atoms with Gasteiger partial charge in [-0.2, -0.15) is 15.2 Å². The molecular formula is C37H36ClF4N7O2S. The molecule has 9 rings (SSSR count). The van der Waals surface area contributed by atoms with Crippen LogP contribution in [0.1, 0.15) is 56.9 Å². The predicted molar refractivity (Wildman–Crippen MR) is 191 cm³/mol. The van der Waals surface area contributed by atoms with Gasteiger partial charge < -0.3 is 20.3 Å². The highest BCUT2D eigenvalue weighted by Gasteiger charge is 2.57. The molecule has 1 saturated carbocycles. The number of thiophene rings is 1. The number of carbonyl (C=O) groups is 1. The highest BCUT2D eigenvalue weighted by Crippen LogP contribution is 2.49. The summed E-state index contributed by atoms with van der Waals surface area (Å²) in [6, 6.07) is 6.12. The molecule has 1 spiro atoms. The van der Waals surface area contributed by atoms with Crippen molar-refractivity contribution in [2.24, 2.45) is 5.41 Å². The van der Waals surface area contributed by atoms with Crippen molar-refractivity contribution in [3.63, 3.8) is 0 Å². The molecule has 4 aliphatic heterocycles. The standard InChI is InChI=1S/C37H36ClF4N7O2S/c38-24-12-22-29(28(41)27(24)21-4-5-25(40)30-26(21)23(14-43)31(44)52-30)45-34(51-19-36-7-3-11-49(36)15-20(39)13-36)46-32(22)47-10-2-1-6-35(16-47)17-48(18-35)33(50)37(42)8-9-37/h4-5,12,20H,1-3,6-11,13,15-19,44H2/t20-,36+/m1/s1. The largest absolute Gasteiger partial charge is 0.461 e. The summed E-state index contributed by atoms with van der Waals surface area (Å²) in [7, 11) is 0. The first kappa shape index (κ1) is 33.9. The minimum atomic E-state index is -1.73. The number of halogens is 5. The van der Waals surface area contributed by atoms with E-state index in [2.05, 4.69) is 14.8 Å². The number of aromatic nitrogens is 2. The van der Waals surface area contributed by atoms with Gasteiger partial charge in [0.05, 0.1) is 20.8 Å². The van der Waals surface area contributed by atoms with Crippen LogP contribution in [0.15, 0.2) is 18.2 Å². The van der Waals surface area contributed by atoms with Crippen molar-refractivity contribution >= 4 is 60.7 Å². The van der Waals surface area contributed by atoms with Crippen LogP contribution in [-0.4, -0.2) is 88.9 Å². The fourth-order valence-corrected chi connectivity index (χ4v) is 10.4. The Balaban J connectivity index is 1.15. The van der Waals surface area contributed by atoms with Crippen LogP contribution in [0.25, 0.3) is 32.1 Å². The zero-order valence-corrected chi connectivity index (χ0v) is 29.9. The first-order valence-corrected chi connectivity index (χ1v) is 19.0. The number of nitriles is 1. The van der Waals surface area contributed by atoms with E-state index in [0.29, 0.717) is 50.3 Å². The van der Waals surface area contributed by atoms with E-state index in [9.17, 15) is 23.2 Å². The number of alkyl halides is 2. The summed E-state index contributed by atoms with van der Waals surface area (Å²) >= 11 is 7.82. The number of benzene rings is 2. The molecule has 2 atom stereocenters. The molecule has 1 aliphatic carbocycles. The fraction of sp³-hybridized carbons (Fsp3) is 0.514. The van der Waals surface area contributed by atoms with E-state index in [-0.39, 0.29) is 73.2 Å². The van der Waals surface area contributed by atoms with Crippen molar-refractivity contribution in [1.82, 2.24) is 19.8 Å². The average molecular weight is 754 g/mol. The van der Waals surface area contributed by atoms with Gasteiger partial charge in [0, 0.05) is 60.9 Å². The summed E-state index contributed by atoms with van der Waals surface area (Å²) in [5, 5.41) is 10.5. The number of fused-ring (bicyclic) bond motifs is 3. The molecule has 2 N–H and O–H groups in total. The molecule has 1 amide bonds. The quantitative estimate of drug-likeness (QED) is 0.207. The smallest absolute Gasteiger partial charge is 0.319 e. The van der Waals surface area contributed by atoms with E-state index >= 15 is 4.39 Å². The van der Waals surface area contributed by atoms with E-state index in [1.807, 2.05) is 6.07 Å².